The van der Waals surface area contributed by atoms with Crippen LogP contribution in [0, 0.1) is 0 Å². The molecule has 0 heterocycles. The van der Waals surface area contributed by atoms with Crippen molar-refractivity contribution in [2.75, 3.05) is 11.5 Å². The maximum absolute atomic E-state index is 5.06. The van der Waals surface area contributed by atoms with E-state index in [2.05, 4.69) is 13.2 Å². The van der Waals surface area contributed by atoms with Gasteiger partial charge >= 0.3 is 0 Å². The van der Waals surface area contributed by atoms with E-state index in [0.717, 1.165) is 16.5 Å². The molecular weight excluding hydrogens is 206 g/mol. The van der Waals surface area contributed by atoms with E-state index >= 15 is 0 Å². The second-order valence-electron chi connectivity index (χ2n) is 1.95. The van der Waals surface area contributed by atoms with Gasteiger partial charge in [0.05, 0.1) is 4.99 Å². The highest BCUT2D eigenvalue weighted by Crippen LogP contribution is 2.22. The van der Waals surface area contributed by atoms with Crippen molar-refractivity contribution >= 4 is 41.1 Å². The molecular formula is C8H13NS3. The largest absolute Gasteiger partial charge is 0.252 e. The van der Waals surface area contributed by atoms with Gasteiger partial charge in [0, 0.05) is 11.5 Å². The molecule has 0 amide bonds. The highest BCUT2D eigenvalue weighted by Gasteiger charge is 2.03. The molecule has 68 valence electrons. The van der Waals surface area contributed by atoms with Crippen LogP contribution in [0.2, 0.25) is 0 Å². The molecule has 0 atom stereocenters. The zero-order chi connectivity index (χ0) is 9.40. The van der Waals surface area contributed by atoms with Crippen LogP contribution in [0.4, 0.5) is 0 Å². The minimum absolute atomic E-state index is 0.883. The molecule has 0 aliphatic rings. The third-order valence-corrected chi connectivity index (χ3v) is 3.71. The first-order valence-corrected chi connectivity index (χ1v) is 5.80. The Morgan fingerprint density at radius 3 is 2.00 bits per heavy atom. The standard InChI is InChI=1S/C8H13NS3/c1-4-6-11-9(8(3)10)12-7-5-2/h4-5H,1-2,6-7H2,3H3. The predicted octanol–water partition coefficient (Wildman–Crippen LogP) is 3.30. The van der Waals surface area contributed by atoms with Gasteiger partial charge in [-0.1, -0.05) is 24.4 Å². The highest BCUT2D eigenvalue weighted by molar-refractivity contribution is 8.13. The van der Waals surface area contributed by atoms with E-state index in [1.54, 1.807) is 23.9 Å². The fourth-order valence-electron chi connectivity index (χ4n) is 0.460. The molecule has 12 heavy (non-hydrogen) atoms. The first-order valence-electron chi connectivity index (χ1n) is 3.50. The van der Waals surface area contributed by atoms with Crippen molar-refractivity contribution < 1.29 is 0 Å². The van der Waals surface area contributed by atoms with Gasteiger partial charge in [-0.2, -0.15) is 0 Å². The van der Waals surface area contributed by atoms with Crippen molar-refractivity contribution in [3.05, 3.63) is 25.3 Å². The van der Waals surface area contributed by atoms with Crippen LogP contribution < -0.4 is 0 Å². The molecule has 0 aromatic heterocycles. The average molecular weight is 219 g/mol. The molecule has 0 N–H and O–H groups in total. The van der Waals surface area contributed by atoms with Gasteiger partial charge < -0.3 is 0 Å². The van der Waals surface area contributed by atoms with Gasteiger partial charge in [0.25, 0.3) is 0 Å². The van der Waals surface area contributed by atoms with E-state index in [1.807, 2.05) is 22.8 Å². The fourth-order valence-corrected chi connectivity index (χ4v) is 2.28. The van der Waals surface area contributed by atoms with E-state index in [4.69, 9.17) is 12.2 Å². The molecule has 0 spiro atoms. The number of nitrogens with zero attached hydrogens (tertiary/aromatic N) is 1. The number of rotatable bonds is 6. The molecule has 4 heteroatoms. The molecule has 0 saturated heterocycles. The van der Waals surface area contributed by atoms with Crippen molar-refractivity contribution in [3.8, 4) is 0 Å². The van der Waals surface area contributed by atoms with Crippen LogP contribution >= 0.6 is 36.1 Å². The van der Waals surface area contributed by atoms with E-state index in [-0.39, 0.29) is 0 Å². The topological polar surface area (TPSA) is 3.24 Å². The number of thiocarbonyl (C=S) groups is 1. The van der Waals surface area contributed by atoms with Crippen LogP contribution in [-0.2, 0) is 0 Å². The lowest BCUT2D eigenvalue weighted by molar-refractivity contribution is 1.15. The summed E-state index contributed by atoms with van der Waals surface area (Å²) in [5.41, 5.74) is 0. The van der Waals surface area contributed by atoms with Crippen molar-refractivity contribution in [2.24, 2.45) is 0 Å². The Morgan fingerprint density at radius 2 is 1.75 bits per heavy atom. The van der Waals surface area contributed by atoms with E-state index in [1.165, 1.54) is 0 Å². The predicted molar refractivity (Wildman–Crippen MR) is 65.4 cm³/mol. The summed E-state index contributed by atoms with van der Waals surface area (Å²) in [6.07, 6.45) is 3.73. The summed E-state index contributed by atoms with van der Waals surface area (Å²) in [6, 6.07) is 0. The lowest BCUT2D eigenvalue weighted by Crippen LogP contribution is -2.11. The average Bonchev–Trinajstić information content (AvgIpc) is 2.04. The third kappa shape index (κ3) is 5.69. The van der Waals surface area contributed by atoms with Gasteiger partial charge in [0.1, 0.15) is 0 Å². The molecule has 0 aliphatic heterocycles. The van der Waals surface area contributed by atoms with Gasteiger partial charge in [-0.3, -0.25) is 3.71 Å². The summed E-state index contributed by atoms with van der Waals surface area (Å²) >= 11 is 8.38. The SMILES string of the molecule is C=CCSN(SCC=C)C(C)=S. The quantitative estimate of drug-likeness (QED) is 0.383. The van der Waals surface area contributed by atoms with Gasteiger partial charge in [0.2, 0.25) is 0 Å². The molecule has 0 saturated carbocycles. The molecule has 0 aromatic carbocycles. The van der Waals surface area contributed by atoms with Gasteiger partial charge in [-0.25, -0.2) is 0 Å². The van der Waals surface area contributed by atoms with Crippen LogP contribution in [0.3, 0.4) is 0 Å². The van der Waals surface area contributed by atoms with Gasteiger partial charge in [-0.15, -0.1) is 13.2 Å². The Morgan fingerprint density at radius 1 is 1.33 bits per heavy atom. The molecule has 1 nitrogen and oxygen atoms in total. The second-order valence-corrected chi connectivity index (χ2v) is 4.68. The second kappa shape index (κ2) is 7.71. The molecule has 0 unspecified atom stereocenters. The minimum atomic E-state index is 0.883. The van der Waals surface area contributed by atoms with E-state index in [9.17, 15) is 0 Å². The molecule has 0 bridgehead atoms. The summed E-state index contributed by atoms with van der Waals surface area (Å²) in [4.78, 5) is 0.883. The molecule has 0 aromatic rings. The zero-order valence-electron chi connectivity index (χ0n) is 7.16. The van der Waals surface area contributed by atoms with Gasteiger partial charge in [0.15, 0.2) is 0 Å². The lowest BCUT2D eigenvalue weighted by Gasteiger charge is -2.18. The summed E-state index contributed by atoms with van der Waals surface area (Å²) in [7, 11) is 0. The number of hydrogen-bond acceptors (Lipinski definition) is 3. The van der Waals surface area contributed by atoms with Crippen molar-refractivity contribution in [1.29, 1.82) is 0 Å². The maximum Gasteiger partial charge on any atom is 0.0963 e. The van der Waals surface area contributed by atoms with Crippen LogP contribution in [0.5, 0.6) is 0 Å². The summed E-state index contributed by atoms with van der Waals surface area (Å²) in [5.74, 6) is 1.77. The van der Waals surface area contributed by atoms with Crippen LogP contribution in [0.25, 0.3) is 0 Å². The van der Waals surface area contributed by atoms with Crippen LogP contribution in [0.1, 0.15) is 6.92 Å². The Balaban J connectivity index is 3.77. The van der Waals surface area contributed by atoms with Crippen molar-refractivity contribution in [2.45, 2.75) is 6.92 Å². The van der Waals surface area contributed by atoms with Crippen molar-refractivity contribution in [1.82, 2.24) is 3.71 Å². The maximum atomic E-state index is 5.06. The number of hydrogen-bond donors (Lipinski definition) is 0. The minimum Gasteiger partial charge on any atom is -0.252 e. The third-order valence-electron chi connectivity index (χ3n) is 0.876. The molecule has 0 aliphatic carbocycles. The first-order chi connectivity index (χ1) is 5.72. The summed E-state index contributed by atoms with van der Waals surface area (Å²) in [5, 5.41) is 0. The smallest absolute Gasteiger partial charge is 0.0963 e. The van der Waals surface area contributed by atoms with Gasteiger partial charge in [-0.05, 0) is 30.8 Å². The fraction of sp³-hybridized carbons (Fsp3) is 0.375. The Kier molecular flexibility index (Phi) is 7.75. The van der Waals surface area contributed by atoms with Crippen molar-refractivity contribution in [3.63, 3.8) is 0 Å². The Bertz CT molecular complexity index is 156. The van der Waals surface area contributed by atoms with E-state index in [0.29, 0.717) is 0 Å². The summed E-state index contributed by atoms with van der Waals surface area (Å²) in [6.45, 7) is 9.22. The molecule has 0 rings (SSSR count). The first kappa shape index (κ1) is 12.1. The van der Waals surface area contributed by atoms with E-state index < -0.39 is 0 Å². The monoisotopic (exact) mass is 219 g/mol. The summed E-state index contributed by atoms with van der Waals surface area (Å²) < 4.78 is 2.01. The highest BCUT2D eigenvalue weighted by atomic mass is 32.2. The lowest BCUT2D eigenvalue weighted by atomic mass is 10.8. The Hall–Kier alpha value is 0.0700. The van der Waals surface area contributed by atoms with Crippen LogP contribution in [0.15, 0.2) is 25.3 Å². The zero-order valence-corrected chi connectivity index (χ0v) is 9.60. The molecule has 0 radical (unpaired) electrons. The van der Waals surface area contributed by atoms with Crippen LogP contribution in [-0.4, -0.2) is 20.2 Å². The molecule has 0 fully saturated rings. The Labute approximate surface area is 88.6 Å². The normalized spacial score (nSPS) is 9.08.